The maximum absolute atomic E-state index is 11.0. The van der Waals surface area contributed by atoms with Gasteiger partial charge in [0.05, 0.1) is 15.7 Å². The monoisotopic (exact) mass is 218 g/mol. The second kappa shape index (κ2) is 7.72. The zero-order valence-corrected chi connectivity index (χ0v) is 10.5. The summed E-state index contributed by atoms with van der Waals surface area (Å²) in [7, 11) is 2.73. The Morgan fingerprint density at radius 1 is 1.43 bits per heavy atom. The van der Waals surface area contributed by atoms with Crippen molar-refractivity contribution in [3.05, 3.63) is 12.2 Å². The van der Waals surface area contributed by atoms with Gasteiger partial charge < -0.3 is 14.2 Å². The van der Waals surface area contributed by atoms with E-state index in [9.17, 15) is 4.79 Å². The summed E-state index contributed by atoms with van der Waals surface area (Å²) in [6.45, 7) is 5.13. The highest BCUT2D eigenvalue weighted by Gasteiger charge is 2.07. The van der Waals surface area contributed by atoms with Gasteiger partial charge in [0, 0.05) is 19.8 Å². The van der Waals surface area contributed by atoms with Gasteiger partial charge in [0.15, 0.2) is 6.29 Å². The molecule has 0 saturated heterocycles. The molecular weight excluding hydrogens is 200 g/mol. The molecule has 0 N–H and O–H groups in total. The van der Waals surface area contributed by atoms with E-state index in [0.717, 1.165) is 6.04 Å². The van der Waals surface area contributed by atoms with Crippen LogP contribution >= 0.6 is 0 Å². The molecule has 0 bridgehead atoms. The summed E-state index contributed by atoms with van der Waals surface area (Å²) in [6.07, 6.45) is 0.347. The second-order valence-electron chi connectivity index (χ2n) is 2.96. The van der Waals surface area contributed by atoms with E-state index in [4.69, 9.17) is 14.2 Å². The highest BCUT2D eigenvalue weighted by atomic mass is 28.2. The zero-order chi connectivity index (χ0) is 11.0. The normalized spacial score (nSPS) is 11.1. The van der Waals surface area contributed by atoms with E-state index in [2.05, 4.69) is 6.58 Å². The van der Waals surface area contributed by atoms with Crippen LogP contribution in [-0.4, -0.2) is 42.2 Å². The number of hydrogen-bond donors (Lipinski definition) is 0. The summed E-state index contributed by atoms with van der Waals surface area (Å²) in [5, 5.41) is 0. The van der Waals surface area contributed by atoms with Gasteiger partial charge in [0.1, 0.15) is 0 Å². The molecule has 0 amide bonds. The number of methoxy groups -OCH3 is 2. The minimum absolute atomic E-state index is 0.162. The lowest BCUT2D eigenvalue weighted by Gasteiger charge is -2.12. The van der Waals surface area contributed by atoms with Gasteiger partial charge in [-0.05, 0) is 13.0 Å². The molecule has 82 valence electrons. The minimum atomic E-state index is -0.467. The number of ether oxygens (including phenoxy) is 3. The largest absolute Gasteiger partial charge is 0.467 e. The summed E-state index contributed by atoms with van der Waals surface area (Å²) >= 11 is 0. The Bertz CT molecular complexity index is 189. The lowest BCUT2D eigenvalue weighted by Crippen LogP contribution is -2.19. The molecule has 0 saturated carbocycles. The van der Waals surface area contributed by atoms with Gasteiger partial charge in [-0.3, -0.25) is 0 Å². The van der Waals surface area contributed by atoms with E-state index < -0.39 is 9.52 Å². The first-order chi connectivity index (χ1) is 6.61. The number of rotatable bonds is 7. The lowest BCUT2D eigenvalue weighted by atomic mass is 10.4. The van der Waals surface area contributed by atoms with Gasteiger partial charge in [-0.1, -0.05) is 6.58 Å². The van der Waals surface area contributed by atoms with Gasteiger partial charge in [-0.25, -0.2) is 4.79 Å². The van der Waals surface area contributed by atoms with Crippen molar-refractivity contribution in [2.75, 3.05) is 20.4 Å². The summed E-state index contributed by atoms with van der Waals surface area (Å²) in [5.41, 5.74) is 0.439. The van der Waals surface area contributed by atoms with Crippen molar-refractivity contribution in [3.8, 4) is 0 Å². The third-order valence-electron chi connectivity index (χ3n) is 1.69. The van der Waals surface area contributed by atoms with Gasteiger partial charge >= 0.3 is 5.97 Å². The van der Waals surface area contributed by atoms with Crippen LogP contribution in [-0.2, 0) is 19.0 Å². The fourth-order valence-electron chi connectivity index (χ4n) is 0.870. The van der Waals surface area contributed by atoms with Crippen molar-refractivity contribution in [3.63, 3.8) is 0 Å². The summed E-state index contributed by atoms with van der Waals surface area (Å²) in [4.78, 5) is 11.0. The van der Waals surface area contributed by atoms with E-state index in [1.54, 1.807) is 21.1 Å². The molecule has 0 aromatic rings. The smallest absolute Gasteiger partial charge is 0.332 e. The van der Waals surface area contributed by atoms with E-state index >= 15 is 0 Å². The van der Waals surface area contributed by atoms with E-state index in [1.807, 2.05) is 0 Å². The molecule has 0 atom stereocenters. The average molecular weight is 218 g/mol. The van der Waals surface area contributed by atoms with Gasteiger partial charge in [-0.15, -0.1) is 0 Å². The Morgan fingerprint density at radius 3 is 2.43 bits per heavy atom. The van der Waals surface area contributed by atoms with E-state index in [1.165, 1.54) is 0 Å². The van der Waals surface area contributed by atoms with Crippen molar-refractivity contribution in [2.45, 2.75) is 19.3 Å². The summed E-state index contributed by atoms with van der Waals surface area (Å²) in [6, 6.07) is 0.844. The van der Waals surface area contributed by atoms with Crippen LogP contribution in [0.4, 0.5) is 0 Å². The van der Waals surface area contributed by atoms with Gasteiger partial charge in [-0.2, -0.15) is 0 Å². The molecule has 0 spiro atoms. The molecule has 0 radical (unpaired) electrons. The quantitative estimate of drug-likeness (QED) is 0.202. The van der Waals surface area contributed by atoms with Crippen LogP contribution in [0.25, 0.3) is 0 Å². The lowest BCUT2D eigenvalue weighted by molar-refractivity contribution is -0.137. The first-order valence-electron chi connectivity index (χ1n) is 4.50. The molecule has 5 heteroatoms. The molecule has 4 nitrogen and oxygen atoms in total. The maximum Gasteiger partial charge on any atom is 0.332 e. The van der Waals surface area contributed by atoms with E-state index in [0.29, 0.717) is 11.8 Å². The van der Waals surface area contributed by atoms with E-state index in [-0.39, 0.29) is 12.3 Å². The number of carbonyl (C=O) groups excluding carboxylic acids is 1. The number of hydrogen-bond acceptors (Lipinski definition) is 4. The Labute approximate surface area is 87.0 Å². The Kier molecular flexibility index (Phi) is 7.36. The molecule has 0 aromatic heterocycles. The average Bonchev–Trinajstić information content (AvgIpc) is 2.17. The maximum atomic E-state index is 11.0. The first-order valence-corrected chi connectivity index (χ1v) is 6.50. The van der Waals surface area contributed by atoms with Crippen molar-refractivity contribution in [2.24, 2.45) is 0 Å². The molecule has 14 heavy (non-hydrogen) atoms. The Balaban J connectivity index is 3.46. The second-order valence-corrected chi connectivity index (χ2v) is 4.65. The van der Waals surface area contributed by atoms with Crippen LogP contribution in [0.2, 0.25) is 6.04 Å². The van der Waals surface area contributed by atoms with Crippen molar-refractivity contribution >= 4 is 15.5 Å². The molecule has 0 aliphatic heterocycles. The molecular formula is C9H18O4Si. The topological polar surface area (TPSA) is 44.8 Å². The molecule has 0 heterocycles. The zero-order valence-electron chi connectivity index (χ0n) is 9.04. The summed E-state index contributed by atoms with van der Waals surface area (Å²) < 4.78 is 15.0. The van der Waals surface area contributed by atoms with Crippen molar-refractivity contribution < 1.29 is 19.0 Å². The Morgan fingerprint density at radius 2 is 2.00 bits per heavy atom. The fraction of sp³-hybridized carbons (Fsp3) is 0.667. The van der Waals surface area contributed by atoms with Crippen LogP contribution in [0, 0.1) is 0 Å². The molecule has 0 fully saturated rings. The molecule has 0 unspecified atom stereocenters. The third kappa shape index (κ3) is 5.90. The van der Waals surface area contributed by atoms with Gasteiger partial charge in [0.25, 0.3) is 0 Å². The number of carbonyl (C=O) groups is 1. The van der Waals surface area contributed by atoms with Crippen LogP contribution < -0.4 is 0 Å². The van der Waals surface area contributed by atoms with Crippen LogP contribution in [0.3, 0.4) is 0 Å². The van der Waals surface area contributed by atoms with Crippen molar-refractivity contribution in [1.29, 1.82) is 0 Å². The number of esters is 1. The van der Waals surface area contributed by atoms with Gasteiger partial charge in [0.2, 0.25) is 0 Å². The van der Waals surface area contributed by atoms with Crippen LogP contribution in [0.15, 0.2) is 12.2 Å². The fourth-order valence-corrected chi connectivity index (χ4v) is 2.17. The molecule has 0 aliphatic carbocycles. The SMILES string of the molecule is C=C(C)C(=O)OC[SiH2]CC(OC)OC. The standard InChI is InChI=1S/C9H18O4Si/c1-7(2)9(10)13-6-14-5-8(11-3)12-4/h8H,1,5-6,14H2,2-4H3. The highest BCUT2D eigenvalue weighted by Crippen LogP contribution is 1.98. The minimum Gasteiger partial charge on any atom is -0.467 e. The van der Waals surface area contributed by atoms with Crippen LogP contribution in [0.1, 0.15) is 6.92 Å². The predicted octanol–water partition coefficient (Wildman–Crippen LogP) is 0.269. The molecule has 0 rings (SSSR count). The van der Waals surface area contributed by atoms with Crippen LogP contribution in [0.5, 0.6) is 0 Å². The molecule has 0 aliphatic rings. The first kappa shape index (κ1) is 13.3. The highest BCUT2D eigenvalue weighted by molar-refractivity contribution is 6.35. The Hall–Kier alpha value is -0.653. The summed E-state index contributed by atoms with van der Waals surface area (Å²) in [5.74, 6) is -0.316. The van der Waals surface area contributed by atoms with Crippen molar-refractivity contribution in [1.82, 2.24) is 0 Å². The predicted molar refractivity (Wildman–Crippen MR) is 56.9 cm³/mol. The third-order valence-corrected chi connectivity index (χ3v) is 3.06. The molecule has 0 aromatic carbocycles.